The lowest BCUT2D eigenvalue weighted by Gasteiger charge is -2.44. The van der Waals surface area contributed by atoms with Crippen molar-refractivity contribution < 1.29 is 14.6 Å². The van der Waals surface area contributed by atoms with Gasteiger partial charge in [-0.05, 0) is 85.4 Å². The van der Waals surface area contributed by atoms with Crippen molar-refractivity contribution in [1.29, 1.82) is 0 Å². The molecule has 0 saturated heterocycles. The maximum atomic E-state index is 13.5. The van der Waals surface area contributed by atoms with Gasteiger partial charge in [0.25, 0.3) is 0 Å². The Hall–Kier alpha value is -1.97. The summed E-state index contributed by atoms with van der Waals surface area (Å²) in [5.74, 6) is 2.28. The number of hydrogen-bond acceptors (Lipinski definition) is 3. The smallest absolute Gasteiger partial charge is 0.170 e. The topological polar surface area (TPSA) is 46.5 Å². The first-order valence-corrected chi connectivity index (χ1v) is 11.5. The molecule has 4 aliphatic rings. The van der Waals surface area contributed by atoms with Crippen molar-refractivity contribution in [2.24, 2.45) is 23.7 Å². The van der Waals surface area contributed by atoms with Gasteiger partial charge < -0.3 is 9.84 Å². The lowest BCUT2D eigenvalue weighted by atomic mass is 9.59. The number of allylic oxidation sites excluding steroid dienone is 2. The summed E-state index contributed by atoms with van der Waals surface area (Å²) in [6.07, 6.45) is 5.22. The van der Waals surface area contributed by atoms with Gasteiger partial charge in [0.05, 0.1) is 10.6 Å². The number of benzene rings is 2. The van der Waals surface area contributed by atoms with Crippen molar-refractivity contribution in [3.8, 4) is 11.5 Å². The highest BCUT2D eigenvalue weighted by Gasteiger charge is 2.54. The Bertz CT molecular complexity index is 1050. The van der Waals surface area contributed by atoms with Crippen LogP contribution in [0.1, 0.15) is 43.7 Å². The van der Waals surface area contributed by atoms with Gasteiger partial charge in [0.2, 0.25) is 0 Å². The Morgan fingerprint density at radius 3 is 2.33 bits per heavy atom. The number of ketones is 1. The second-order valence-corrected chi connectivity index (χ2v) is 9.54. The van der Waals surface area contributed by atoms with E-state index in [2.05, 4.69) is 6.92 Å². The number of rotatable bonds is 4. The highest BCUT2D eigenvalue weighted by molar-refractivity contribution is 6.35. The highest BCUT2D eigenvalue weighted by atomic mass is 35.5. The minimum absolute atomic E-state index is 0.00000901. The molecule has 3 nitrogen and oxygen atoms in total. The molecule has 0 radical (unpaired) electrons. The molecular weight excluding hydrogens is 419 g/mol. The fourth-order valence-electron chi connectivity index (χ4n) is 5.80. The van der Waals surface area contributed by atoms with E-state index in [1.165, 1.54) is 0 Å². The van der Waals surface area contributed by atoms with Crippen LogP contribution in [0.4, 0.5) is 0 Å². The van der Waals surface area contributed by atoms with Gasteiger partial charge in [0.1, 0.15) is 17.3 Å². The number of fused-ring (bicyclic) bond motifs is 2. The number of halogens is 2. The van der Waals surface area contributed by atoms with Crippen molar-refractivity contribution in [2.75, 3.05) is 0 Å². The van der Waals surface area contributed by atoms with Crippen LogP contribution in [-0.2, 0) is 11.2 Å². The van der Waals surface area contributed by atoms with E-state index in [0.717, 1.165) is 43.2 Å². The van der Waals surface area contributed by atoms with E-state index in [1.54, 1.807) is 18.2 Å². The third-order valence-electron chi connectivity index (χ3n) is 7.19. The first-order valence-electron chi connectivity index (χ1n) is 10.7. The first-order chi connectivity index (χ1) is 14.5. The predicted molar refractivity (Wildman–Crippen MR) is 119 cm³/mol. The van der Waals surface area contributed by atoms with Gasteiger partial charge in [-0.3, -0.25) is 4.79 Å². The summed E-state index contributed by atoms with van der Waals surface area (Å²) >= 11 is 12.2. The van der Waals surface area contributed by atoms with Crippen LogP contribution in [0.3, 0.4) is 0 Å². The van der Waals surface area contributed by atoms with Crippen LogP contribution in [0, 0.1) is 23.7 Å². The van der Waals surface area contributed by atoms with E-state index in [4.69, 9.17) is 27.9 Å². The Morgan fingerprint density at radius 2 is 1.70 bits per heavy atom. The van der Waals surface area contributed by atoms with E-state index in [-0.39, 0.29) is 17.6 Å². The summed E-state index contributed by atoms with van der Waals surface area (Å²) in [7, 11) is 0. The Balaban J connectivity index is 1.55. The lowest BCUT2D eigenvalue weighted by Crippen LogP contribution is -2.41. The normalized spacial score (nSPS) is 27.5. The van der Waals surface area contributed by atoms with Crippen LogP contribution in [-0.4, -0.2) is 10.9 Å². The summed E-state index contributed by atoms with van der Waals surface area (Å²) in [6.45, 7) is 2.06. The quantitative estimate of drug-likeness (QED) is 0.541. The highest BCUT2D eigenvalue weighted by Crippen LogP contribution is 2.57. The number of aryl methyl sites for hydroxylation is 1. The number of aliphatic hydroxyl groups is 1. The number of ether oxygens (including phenoxy) is 1. The third kappa shape index (κ3) is 3.14. The molecular formula is C25H24Cl2O3. The third-order valence-corrected chi connectivity index (χ3v) is 7.72. The van der Waals surface area contributed by atoms with Gasteiger partial charge in [-0.25, -0.2) is 0 Å². The molecule has 6 rings (SSSR count). The average molecular weight is 443 g/mol. The number of aliphatic hydroxyl groups excluding tert-OH is 1. The minimum Gasteiger partial charge on any atom is -0.511 e. The second-order valence-electron chi connectivity index (χ2n) is 8.70. The number of hydrogen-bond donors (Lipinski definition) is 1. The van der Waals surface area contributed by atoms with E-state index >= 15 is 0 Å². The van der Waals surface area contributed by atoms with Crippen LogP contribution >= 0.6 is 23.2 Å². The molecule has 0 aromatic heterocycles. The number of Topliss-reactive ketones (excluding diaryl/α,β-unsaturated/α-hetero) is 1. The van der Waals surface area contributed by atoms with Gasteiger partial charge >= 0.3 is 0 Å². The Morgan fingerprint density at radius 1 is 1.00 bits per heavy atom. The molecule has 2 bridgehead atoms. The van der Waals surface area contributed by atoms with E-state index in [9.17, 15) is 9.90 Å². The Kier molecular flexibility index (Phi) is 5.07. The standard InChI is InChI=1S/C25H24Cl2O3/c1-2-13-7-9-17(30-20-10-8-16(26)11-19(20)27)12-18(13)23-24(28)21-14-3-4-15(6-5-14)22(21)25(23)29/h7-12,14-15,21-22,28H,2-6H2,1H3. The Labute approximate surface area is 186 Å². The summed E-state index contributed by atoms with van der Waals surface area (Å²) in [5.41, 5.74) is 2.33. The van der Waals surface area contributed by atoms with Crippen molar-refractivity contribution in [2.45, 2.75) is 39.0 Å². The molecule has 5 heteroatoms. The lowest BCUT2D eigenvalue weighted by molar-refractivity contribution is -0.123. The zero-order valence-electron chi connectivity index (χ0n) is 16.8. The number of carbonyl (C=O) groups excluding carboxylic acids is 1. The van der Waals surface area contributed by atoms with Gasteiger partial charge in [-0.15, -0.1) is 0 Å². The number of carbonyl (C=O) groups is 1. The molecule has 2 atom stereocenters. The molecule has 0 amide bonds. The molecule has 3 fully saturated rings. The van der Waals surface area contributed by atoms with Crippen molar-refractivity contribution in [3.05, 3.63) is 63.3 Å². The van der Waals surface area contributed by atoms with Gasteiger partial charge in [0, 0.05) is 16.9 Å². The summed E-state index contributed by atoms with van der Waals surface area (Å²) < 4.78 is 6.00. The van der Waals surface area contributed by atoms with Crippen molar-refractivity contribution in [3.63, 3.8) is 0 Å². The largest absolute Gasteiger partial charge is 0.511 e. The summed E-state index contributed by atoms with van der Waals surface area (Å²) in [6, 6.07) is 10.8. The van der Waals surface area contributed by atoms with Crippen LogP contribution in [0.5, 0.6) is 11.5 Å². The van der Waals surface area contributed by atoms with Gasteiger partial charge in [-0.1, -0.05) is 36.2 Å². The minimum atomic E-state index is -0.0486. The van der Waals surface area contributed by atoms with Crippen LogP contribution < -0.4 is 4.74 Å². The molecule has 2 aromatic carbocycles. The van der Waals surface area contributed by atoms with E-state index < -0.39 is 0 Å². The monoisotopic (exact) mass is 442 g/mol. The molecule has 3 saturated carbocycles. The molecule has 2 aromatic rings. The van der Waals surface area contributed by atoms with Crippen LogP contribution in [0.2, 0.25) is 10.0 Å². The zero-order valence-corrected chi connectivity index (χ0v) is 18.3. The second kappa shape index (κ2) is 7.62. The molecule has 0 aliphatic heterocycles. The van der Waals surface area contributed by atoms with E-state index in [0.29, 0.717) is 44.7 Å². The molecule has 156 valence electrons. The van der Waals surface area contributed by atoms with Crippen LogP contribution in [0.25, 0.3) is 5.57 Å². The zero-order chi connectivity index (χ0) is 21.0. The first kappa shape index (κ1) is 20.0. The molecule has 30 heavy (non-hydrogen) atoms. The maximum Gasteiger partial charge on any atom is 0.170 e. The predicted octanol–water partition coefficient (Wildman–Crippen LogP) is 7.25. The van der Waals surface area contributed by atoms with Crippen molar-refractivity contribution >= 4 is 34.6 Å². The van der Waals surface area contributed by atoms with E-state index in [1.807, 2.05) is 18.2 Å². The molecule has 4 aliphatic carbocycles. The maximum absolute atomic E-state index is 13.5. The average Bonchev–Trinajstić information content (AvgIpc) is 3.03. The summed E-state index contributed by atoms with van der Waals surface area (Å²) in [4.78, 5) is 13.5. The molecule has 0 heterocycles. The van der Waals surface area contributed by atoms with Crippen molar-refractivity contribution in [1.82, 2.24) is 0 Å². The summed E-state index contributed by atoms with van der Waals surface area (Å²) in [5, 5.41) is 12.1. The van der Waals surface area contributed by atoms with Crippen LogP contribution in [0.15, 0.2) is 42.2 Å². The van der Waals surface area contributed by atoms with Gasteiger partial charge in [0.15, 0.2) is 5.78 Å². The SMILES string of the molecule is CCc1ccc(Oc2ccc(Cl)cc2Cl)cc1C1=C(O)C2C3CCC(CC3)C2C1=O. The molecule has 1 N–H and O–H groups in total. The fourth-order valence-corrected chi connectivity index (χ4v) is 6.24. The van der Waals surface area contributed by atoms with Gasteiger partial charge in [-0.2, -0.15) is 0 Å². The molecule has 2 unspecified atom stereocenters. The fraction of sp³-hybridized carbons (Fsp3) is 0.400. The molecule has 0 spiro atoms.